The van der Waals surface area contributed by atoms with Crippen LogP contribution in [0.25, 0.3) is 0 Å². The summed E-state index contributed by atoms with van der Waals surface area (Å²) in [5.41, 5.74) is 1.34. The monoisotopic (exact) mass is 417 g/mol. The van der Waals surface area contributed by atoms with Gasteiger partial charge < -0.3 is 5.32 Å². The highest BCUT2D eigenvalue weighted by molar-refractivity contribution is 9.11. The van der Waals surface area contributed by atoms with E-state index in [1.807, 2.05) is 23.4 Å². The molecule has 1 aliphatic heterocycles. The van der Waals surface area contributed by atoms with Crippen molar-refractivity contribution in [2.24, 2.45) is 4.40 Å². The van der Waals surface area contributed by atoms with Crippen molar-refractivity contribution in [1.29, 1.82) is 0 Å². The fourth-order valence-electron chi connectivity index (χ4n) is 2.36. The molecular formula is C14H13BrFN3O2S2. The van der Waals surface area contributed by atoms with E-state index in [9.17, 15) is 12.8 Å². The molecule has 5 nitrogen and oxygen atoms in total. The van der Waals surface area contributed by atoms with Crippen LogP contribution in [0.2, 0.25) is 0 Å². The maximum Gasteiger partial charge on any atom is 0.289 e. The van der Waals surface area contributed by atoms with Crippen LogP contribution in [-0.2, 0) is 16.6 Å². The van der Waals surface area contributed by atoms with Gasteiger partial charge in [-0.05, 0) is 52.1 Å². The van der Waals surface area contributed by atoms with Crippen molar-refractivity contribution in [3.8, 4) is 0 Å². The minimum atomic E-state index is -4.02. The largest absolute Gasteiger partial charge is 0.341 e. The van der Waals surface area contributed by atoms with Gasteiger partial charge in [0, 0.05) is 6.54 Å². The van der Waals surface area contributed by atoms with Gasteiger partial charge in [-0.15, -0.1) is 15.7 Å². The van der Waals surface area contributed by atoms with Crippen LogP contribution in [0.3, 0.4) is 0 Å². The third kappa shape index (κ3) is 3.63. The summed E-state index contributed by atoms with van der Waals surface area (Å²) in [5, 5.41) is 4.92. The summed E-state index contributed by atoms with van der Waals surface area (Å²) in [5.74, 6) is -0.519. The Morgan fingerprint density at radius 3 is 2.87 bits per heavy atom. The van der Waals surface area contributed by atoms with E-state index < -0.39 is 20.7 Å². The topological polar surface area (TPSA) is 61.8 Å². The number of nitrogens with one attached hydrogen (secondary N) is 1. The zero-order valence-electron chi connectivity index (χ0n) is 12.1. The molecule has 0 unspecified atom stereocenters. The standard InChI is InChI=1S/C14H13BrFN3O2S2/c1-19(6-9-5-12(15)22-8-9)7-13-17-11-4-2-3-10(16)14(11)23(20,21)18-13/h2-5,8H,6-7H2,1H3,(H,17,18). The van der Waals surface area contributed by atoms with Crippen molar-refractivity contribution in [2.45, 2.75) is 11.4 Å². The van der Waals surface area contributed by atoms with Crippen molar-refractivity contribution in [3.05, 3.63) is 44.8 Å². The molecule has 0 aliphatic carbocycles. The lowest BCUT2D eigenvalue weighted by atomic mass is 10.3. The lowest BCUT2D eigenvalue weighted by molar-refractivity contribution is 0.374. The van der Waals surface area contributed by atoms with Crippen LogP contribution in [0.5, 0.6) is 0 Å². The van der Waals surface area contributed by atoms with Crippen LogP contribution < -0.4 is 5.32 Å². The number of halogens is 2. The zero-order valence-corrected chi connectivity index (χ0v) is 15.3. The first-order valence-corrected chi connectivity index (χ1v) is 9.77. The van der Waals surface area contributed by atoms with E-state index in [4.69, 9.17) is 0 Å². The molecule has 3 rings (SSSR count). The van der Waals surface area contributed by atoms with Gasteiger partial charge >= 0.3 is 0 Å². The Hall–Kier alpha value is -1.29. The highest BCUT2D eigenvalue weighted by Crippen LogP contribution is 2.29. The lowest BCUT2D eigenvalue weighted by Gasteiger charge is -2.22. The number of hydrogen-bond acceptors (Lipinski definition) is 5. The Bertz CT molecular complexity index is 880. The first-order chi connectivity index (χ1) is 10.8. The van der Waals surface area contributed by atoms with Gasteiger partial charge in [-0.2, -0.15) is 8.42 Å². The Kier molecular flexibility index (Phi) is 4.54. The fraction of sp³-hybridized carbons (Fsp3) is 0.214. The predicted octanol–water partition coefficient (Wildman–Crippen LogP) is 3.29. The Morgan fingerprint density at radius 2 is 2.17 bits per heavy atom. The van der Waals surface area contributed by atoms with Crippen LogP contribution in [0, 0.1) is 5.82 Å². The summed E-state index contributed by atoms with van der Waals surface area (Å²) in [7, 11) is -2.15. The van der Waals surface area contributed by atoms with Crippen LogP contribution in [0.15, 0.2) is 42.7 Å². The zero-order chi connectivity index (χ0) is 16.6. The molecule has 9 heteroatoms. The lowest BCUT2D eigenvalue weighted by Crippen LogP contribution is -2.33. The molecule has 0 saturated carbocycles. The van der Waals surface area contributed by atoms with Gasteiger partial charge in [0.2, 0.25) is 0 Å². The molecule has 0 amide bonds. The molecule has 1 aliphatic rings. The summed E-state index contributed by atoms with van der Waals surface area (Å²) >= 11 is 5.00. The van der Waals surface area contributed by atoms with E-state index in [0.29, 0.717) is 13.1 Å². The molecule has 122 valence electrons. The van der Waals surface area contributed by atoms with Crippen LogP contribution in [0.4, 0.5) is 10.1 Å². The molecule has 2 aromatic rings. The number of benzene rings is 1. The van der Waals surface area contributed by atoms with Gasteiger partial charge in [-0.1, -0.05) is 6.07 Å². The van der Waals surface area contributed by atoms with E-state index in [0.717, 1.165) is 15.4 Å². The molecule has 23 heavy (non-hydrogen) atoms. The van der Waals surface area contributed by atoms with Gasteiger partial charge in [-0.3, -0.25) is 4.90 Å². The average molecular weight is 418 g/mol. The van der Waals surface area contributed by atoms with Gasteiger partial charge in [0.1, 0.15) is 16.5 Å². The second-order valence-electron chi connectivity index (χ2n) is 5.19. The van der Waals surface area contributed by atoms with E-state index in [2.05, 4.69) is 25.6 Å². The number of likely N-dealkylation sites (N-methyl/N-ethyl adjacent to an activating group) is 1. The normalized spacial score (nSPS) is 15.9. The number of rotatable bonds is 4. The summed E-state index contributed by atoms with van der Waals surface area (Å²) in [6, 6.07) is 6.12. The van der Waals surface area contributed by atoms with E-state index in [1.54, 1.807) is 11.3 Å². The maximum absolute atomic E-state index is 13.7. The third-order valence-electron chi connectivity index (χ3n) is 3.23. The number of amidine groups is 1. The summed E-state index contributed by atoms with van der Waals surface area (Å²) in [4.78, 5) is 1.54. The van der Waals surface area contributed by atoms with Crippen LogP contribution in [-0.4, -0.2) is 32.7 Å². The number of fused-ring (bicyclic) bond motifs is 1. The molecule has 2 heterocycles. The van der Waals surface area contributed by atoms with Crippen molar-refractivity contribution in [2.75, 3.05) is 18.9 Å². The summed E-state index contributed by atoms with van der Waals surface area (Å²) in [6.45, 7) is 0.960. The average Bonchev–Trinajstić information content (AvgIpc) is 2.82. The van der Waals surface area contributed by atoms with Crippen molar-refractivity contribution in [3.63, 3.8) is 0 Å². The SMILES string of the molecule is CN(CC1=NS(=O)(=O)c2c(F)cccc2N1)Cc1csc(Br)c1. The second kappa shape index (κ2) is 6.31. The van der Waals surface area contributed by atoms with Crippen molar-refractivity contribution < 1.29 is 12.8 Å². The minimum absolute atomic E-state index is 0.224. The molecule has 0 fully saturated rings. The molecule has 1 aromatic heterocycles. The number of nitrogens with zero attached hydrogens (tertiary/aromatic N) is 2. The van der Waals surface area contributed by atoms with Gasteiger partial charge in [0.15, 0.2) is 0 Å². The minimum Gasteiger partial charge on any atom is -0.341 e. The second-order valence-corrected chi connectivity index (χ2v) is 9.02. The van der Waals surface area contributed by atoms with Crippen molar-refractivity contribution in [1.82, 2.24) is 4.90 Å². The Labute approximate surface area is 146 Å². The van der Waals surface area contributed by atoms with Crippen LogP contribution >= 0.6 is 27.3 Å². The van der Waals surface area contributed by atoms with E-state index >= 15 is 0 Å². The van der Waals surface area contributed by atoms with Gasteiger partial charge in [-0.25, -0.2) is 4.39 Å². The molecule has 0 atom stereocenters. The van der Waals surface area contributed by atoms with Gasteiger partial charge in [0.25, 0.3) is 10.0 Å². The molecule has 1 N–H and O–H groups in total. The molecule has 0 spiro atoms. The third-order valence-corrected chi connectivity index (χ3v) is 6.17. The highest BCUT2D eigenvalue weighted by Gasteiger charge is 2.28. The quantitative estimate of drug-likeness (QED) is 0.828. The molecular weight excluding hydrogens is 405 g/mol. The first-order valence-electron chi connectivity index (χ1n) is 6.66. The predicted molar refractivity (Wildman–Crippen MR) is 93.0 cm³/mol. The Morgan fingerprint density at radius 1 is 1.39 bits per heavy atom. The smallest absolute Gasteiger partial charge is 0.289 e. The number of sulfonamides is 1. The number of hydrogen-bond donors (Lipinski definition) is 1. The first kappa shape index (κ1) is 16.6. The fourth-order valence-corrected chi connectivity index (χ4v) is 4.76. The molecule has 0 saturated heterocycles. The maximum atomic E-state index is 13.7. The van der Waals surface area contributed by atoms with Crippen molar-refractivity contribution >= 4 is 48.8 Å². The molecule has 1 aromatic carbocycles. The Balaban J connectivity index is 1.79. The number of anilines is 1. The van der Waals surface area contributed by atoms with Crippen LogP contribution in [0.1, 0.15) is 5.56 Å². The summed E-state index contributed by atoms with van der Waals surface area (Å²) < 4.78 is 42.8. The highest BCUT2D eigenvalue weighted by atomic mass is 79.9. The van der Waals surface area contributed by atoms with Gasteiger partial charge in [0.05, 0.1) is 16.0 Å². The molecule has 0 bridgehead atoms. The summed E-state index contributed by atoms with van der Waals surface area (Å²) in [6.07, 6.45) is 0. The van der Waals surface area contributed by atoms with E-state index in [-0.39, 0.29) is 11.5 Å². The number of thiophene rings is 1. The van der Waals surface area contributed by atoms with E-state index in [1.165, 1.54) is 12.1 Å². The molecule has 0 radical (unpaired) electrons.